The van der Waals surface area contributed by atoms with Crippen molar-refractivity contribution < 1.29 is 4.79 Å². The first-order valence-corrected chi connectivity index (χ1v) is 8.51. The highest BCUT2D eigenvalue weighted by molar-refractivity contribution is 5.81. The second-order valence-corrected chi connectivity index (χ2v) is 6.15. The molecule has 1 atom stereocenters. The van der Waals surface area contributed by atoms with Gasteiger partial charge in [0.2, 0.25) is 5.91 Å². The molecule has 5 nitrogen and oxygen atoms in total. The molecular weight excluding hydrogens is 276 g/mol. The van der Waals surface area contributed by atoms with Crippen molar-refractivity contribution in [3.05, 3.63) is 0 Å². The summed E-state index contributed by atoms with van der Waals surface area (Å²) in [5.41, 5.74) is 0. The van der Waals surface area contributed by atoms with Gasteiger partial charge in [-0.1, -0.05) is 25.2 Å². The summed E-state index contributed by atoms with van der Waals surface area (Å²) in [5, 5.41) is 6.58. The first-order valence-electron chi connectivity index (χ1n) is 8.51. The quantitative estimate of drug-likeness (QED) is 0.468. The molecule has 1 aliphatic carbocycles. The Morgan fingerprint density at radius 3 is 2.77 bits per heavy atom. The molecule has 1 amide bonds. The fourth-order valence-electron chi connectivity index (χ4n) is 3.32. The maximum Gasteiger partial charge on any atom is 0.225 e. The summed E-state index contributed by atoms with van der Waals surface area (Å²) >= 11 is 0. The van der Waals surface area contributed by atoms with E-state index in [-0.39, 0.29) is 12.0 Å². The van der Waals surface area contributed by atoms with Crippen molar-refractivity contribution in [1.29, 1.82) is 0 Å². The van der Waals surface area contributed by atoms with Crippen molar-refractivity contribution in [2.75, 3.05) is 26.2 Å². The highest BCUT2D eigenvalue weighted by atomic mass is 16.2. The van der Waals surface area contributed by atoms with Gasteiger partial charge in [-0.05, 0) is 26.2 Å². The zero-order valence-corrected chi connectivity index (χ0v) is 13.6. The maximum atomic E-state index is 12.6. The minimum atomic E-state index is 0.260. The van der Waals surface area contributed by atoms with E-state index in [4.69, 9.17) is 6.42 Å². The molecule has 0 bridgehead atoms. The summed E-state index contributed by atoms with van der Waals surface area (Å²) in [6, 6.07) is 0.267. The number of rotatable bonds is 4. The summed E-state index contributed by atoms with van der Waals surface area (Å²) in [6.07, 6.45) is 12.1. The van der Waals surface area contributed by atoms with Gasteiger partial charge in [-0.25, -0.2) is 4.99 Å². The fourth-order valence-corrected chi connectivity index (χ4v) is 3.32. The van der Waals surface area contributed by atoms with Gasteiger partial charge in [0.25, 0.3) is 0 Å². The highest BCUT2D eigenvalue weighted by Crippen LogP contribution is 2.26. The van der Waals surface area contributed by atoms with E-state index in [9.17, 15) is 4.79 Å². The number of nitrogens with zero attached hydrogens (tertiary/aromatic N) is 2. The van der Waals surface area contributed by atoms with E-state index in [0.717, 1.165) is 44.9 Å². The third-order valence-electron chi connectivity index (χ3n) is 4.47. The molecule has 0 radical (unpaired) electrons. The predicted octanol–water partition coefficient (Wildman–Crippen LogP) is 1.36. The largest absolute Gasteiger partial charge is 0.357 e. The van der Waals surface area contributed by atoms with Crippen LogP contribution in [-0.2, 0) is 4.79 Å². The van der Waals surface area contributed by atoms with Crippen LogP contribution in [0.4, 0.5) is 0 Å². The van der Waals surface area contributed by atoms with Gasteiger partial charge in [0.15, 0.2) is 5.96 Å². The van der Waals surface area contributed by atoms with Crippen LogP contribution in [0.1, 0.15) is 45.4 Å². The van der Waals surface area contributed by atoms with E-state index in [0.29, 0.717) is 12.5 Å². The third kappa shape index (κ3) is 4.66. The second kappa shape index (κ2) is 8.67. The smallest absolute Gasteiger partial charge is 0.225 e. The maximum absolute atomic E-state index is 12.6. The van der Waals surface area contributed by atoms with Crippen LogP contribution in [-0.4, -0.2) is 49.0 Å². The summed E-state index contributed by atoms with van der Waals surface area (Å²) in [7, 11) is 0. The predicted molar refractivity (Wildman–Crippen MR) is 89.5 cm³/mol. The number of carbonyl (C=O) groups excluding carboxylic acids is 1. The first kappa shape index (κ1) is 16.7. The molecule has 1 saturated heterocycles. The number of carbonyl (C=O) groups is 1. The summed E-state index contributed by atoms with van der Waals surface area (Å²) < 4.78 is 0. The van der Waals surface area contributed by atoms with Gasteiger partial charge in [0, 0.05) is 31.6 Å². The molecule has 22 heavy (non-hydrogen) atoms. The monoisotopic (exact) mass is 304 g/mol. The molecule has 1 heterocycles. The van der Waals surface area contributed by atoms with E-state index in [2.05, 4.69) is 21.5 Å². The van der Waals surface area contributed by atoms with Crippen LogP contribution >= 0.6 is 0 Å². The van der Waals surface area contributed by atoms with Gasteiger partial charge in [0.1, 0.15) is 6.54 Å². The summed E-state index contributed by atoms with van der Waals surface area (Å²) in [5.74, 6) is 3.88. The Morgan fingerprint density at radius 1 is 1.32 bits per heavy atom. The summed E-state index contributed by atoms with van der Waals surface area (Å²) in [6.45, 7) is 4.82. The topological polar surface area (TPSA) is 56.7 Å². The zero-order chi connectivity index (χ0) is 15.8. The second-order valence-electron chi connectivity index (χ2n) is 6.15. The number of hydrogen-bond acceptors (Lipinski definition) is 2. The van der Waals surface area contributed by atoms with Crippen LogP contribution < -0.4 is 10.6 Å². The van der Waals surface area contributed by atoms with Crippen LogP contribution in [0.25, 0.3) is 0 Å². The van der Waals surface area contributed by atoms with Gasteiger partial charge in [-0.15, -0.1) is 6.42 Å². The molecule has 2 rings (SSSR count). The van der Waals surface area contributed by atoms with Crippen molar-refractivity contribution >= 4 is 11.9 Å². The van der Waals surface area contributed by atoms with Crippen LogP contribution in [0, 0.1) is 18.3 Å². The van der Waals surface area contributed by atoms with Crippen LogP contribution in [0.2, 0.25) is 0 Å². The summed E-state index contributed by atoms with van der Waals surface area (Å²) in [4.78, 5) is 18.9. The molecular formula is C17H28N4O. The standard InChI is InChI=1S/C17H28N4O/c1-3-11-19-17(18-4-2)20-15-10-12-21(13-15)16(22)14-8-6-5-7-9-14/h1,14-15H,4-13H2,2H3,(H2,18,19,20). The molecule has 2 N–H and O–H groups in total. The molecule has 1 saturated carbocycles. The van der Waals surface area contributed by atoms with Crippen molar-refractivity contribution in [3.8, 4) is 12.3 Å². The van der Waals surface area contributed by atoms with E-state index in [1.165, 1.54) is 19.3 Å². The molecule has 0 aromatic carbocycles. The normalized spacial score (nSPS) is 23.2. The Kier molecular flexibility index (Phi) is 6.57. The van der Waals surface area contributed by atoms with Crippen LogP contribution in [0.5, 0.6) is 0 Å². The lowest BCUT2D eigenvalue weighted by Gasteiger charge is -2.26. The molecule has 1 aliphatic heterocycles. The number of terminal acetylenes is 1. The van der Waals surface area contributed by atoms with E-state index in [1.54, 1.807) is 0 Å². The molecule has 2 aliphatic rings. The van der Waals surface area contributed by atoms with Crippen LogP contribution in [0.15, 0.2) is 4.99 Å². The lowest BCUT2D eigenvalue weighted by molar-refractivity contribution is -0.135. The Labute approximate surface area is 133 Å². The first-order chi connectivity index (χ1) is 10.7. The lowest BCUT2D eigenvalue weighted by Crippen LogP contribution is -2.45. The van der Waals surface area contributed by atoms with Crippen molar-refractivity contribution in [1.82, 2.24) is 15.5 Å². The molecule has 2 fully saturated rings. The Balaban J connectivity index is 1.83. The Hall–Kier alpha value is -1.70. The molecule has 0 aromatic rings. The van der Waals surface area contributed by atoms with E-state index >= 15 is 0 Å². The van der Waals surface area contributed by atoms with Crippen molar-refractivity contribution in [3.63, 3.8) is 0 Å². The lowest BCUT2D eigenvalue weighted by atomic mass is 9.88. The van der Waals surface area contributed by atoms with E-state index in [1.807, 2.05) is 11.8 Å². The number of hydrogen-bond donors (Lipinski definition) is 2. The zero-order valence-electron chi connectivity index (χ0n) is 13.6. The third-order valence-corrected chi connectivity index (χ3v) is 4.47. The number of aliphatic imine (C=N–C) groups is 1. The number of nitrogens with one attached hydrogen (secondary N) is 2. The van der Waals surface area contributed by atoms with Gasteiger partial charge in [-0.2, -0.15) is 0 Å². The van der Waals surface area contributed by atoms with Gasteiger partial charge < -0.3 is 15.5 Å². The molecule has 0 aromatic heterocycles. The van der Waals surface area contributed by atoms with Gasteiger partial charge >= 0.3 is 0 Å². The molecule has 5 heteroatoms. The molecule has 1 unspecified atom stereocenters. The minimum absolute atomic E-state index is 0.260. The fraction of sp³-hybridized carbons (Fsp3) is 0.765. The highest BCUT2D eigenvalue weighted by Gasteiger charge is 2.31. The van der Waals surface area contributed by atoms with Gasteiger partial charge in [0.05, 0.1) is 0 Å². The molecule has 0 spiro atoms. The SMILES string of the molecule is C#CCN=C(NCC)NC1CCN(C(=O)C2CCCCC2)C1. The average Bonchev–Trinajstić information content (AvgIpc) is 3.01. The Morgan fingerprint density at radius 2 is 2.09 bits per heavy atom. The van der Waals surface area contributed by atoms with Gasteiger partial charge in [-0.3, -0.25) is 4.79 Å². The number of amides is 1. The van der Waals surface area contributed by atoms with Crippen molar-refractivity contribution in [2.45, 2.75) is 51.5 Å². The molecule has 122 valence electrons. The Bertz CT molecular complexity index is 434. The van der Waals surface area contributed by atoms with Crippen LogP contribution in [0.3, 0.4) is 0 Å². The number of guanidine groups is 1. The van der Waals surface area contributed by atoms with Crippen molar-refractivity contribution in [2.24, 2.45) is 10.9 Å². The minimum Gasteiger partial charge on any atom is -0.357 e. The average molecular weight is 304 g/mol. The number of likely N-dealkylation sites (tertiary alicyclic amines) is 1. The van der Waals surface area contributed by atoms with E-state index < -0.39 is 0 Å².